The summed E-state index contributed by atoms with van der Waals surface area (Å²) in [5.74, 6) is -0.288. The number of nitrogens with zero attached hydrogens (tertiary/aromatic N) is 3. The lowest BCUT2D eigenvalue weighted by Crippen LogP contribution is -2.37. The quantitative estimate of drug-likeness (QED) is 0.515. The van der Waals surface area contributed by atoms with Gasteiger partial charge in [-0.2, -0.15) is 4.31 Å². The number of hydrogen-bond acceptors (Lipinski definition) is 6. The summed E-state index contributed by atoms with van der Waals surface area (Å²) in [5, 5.41) is 0.583. The Labute approximate surface area is 192 Å². The molecule has 1 aromatic heterocycles. The minimum atomic E-state index is -3.70. The summed E-state index contributed by atoms with van der Waals surface area (Å²) in [4.78, 5) is 20.0. The van der Waals surface area contributed by atoms with E-state index in [1.807, 2.05) is 38.1 Å². The van der Waals surface area contributed by atoms with E-state index >= 15 is 0 Å². The van der Waals surface area contributed by atoms with Gasteiger partial charge in [0.2, 0.25) is 10.0 Å². The number of benzene rings is 2. The maximum Gasteiger partial charge on any atom is 0.260 e. The van der Waals surface area contributed by atoms with Crippen molar-refractivity contribution in [3.8, 4) is 0 Å². The number of ether oxygens (including phenoxy) is 1. The predicted octanol–water partition coefficient (Wildman–Crippen LogP) is 4.15. The molecule has 1 amide bonds. The molecule has 1 saturated heterocycles. The Kier molecular flexibility index (Phi) is 6.62. The molecule has 0 radical (unpaired) electrons. The van der Waals surface area contributed by atoms with Crippen LogP contribution in [0.2, 0.25) is 0 Å². The molecule has 0 bridgehead atoms. The van der Waals surface area contributed by atoms with Crippen LogP contribution in [-0.4, -0.2) is 56.0 Å². The van der Waals surface area contributed by atoms with Gasteiger partial charge in [0.15, 0.2) is 5.13 Å². The van der Waals surface area contributed by atoms with Gasteiger partial charge in [0, 0.05) is 25.3 Å². The van der Waals surface area contributed by atoms with Gasteiger partial charge < -0.3 is 4.74 Å². The number of fused-ring (bicyclic) bond motifs is 1. The Morgan fingerprint density at radius 1 is 1.22 bits per heavy atom. The molecule has 0 saturated carbocycles. The second-order valence-corrected chi connectivity index (χ2v) is 11.2. The summed E-state index contributed by atoms with van der Waals surface area (Å²) in [6.07, 6.45) is 1.77. The zero-order valence-corrected chi connectivity index (χ0v) is 20.0. The number of hydrogen-bond donors (Lipinski definition) is 0. The molecular formula is C23H27N3O4S2. The zero-order chi connectivity index (χ0) is 22.9. The molecular weight excluding hydrogens is 446 g/mol. The van der Waals surface area contributed by atoms with Crippen LogP contribution in [0.25, 0.3) is 10.2 Å². The van der Waals surface area contributed by atoms with Crippen molar-refractivity contribution in [1.82, 2.24) is 9.29 Å². The van der Waals surface area contributed by atoms with E-state index in [-0.39, 0.29) is 22.9 Å². The summed E-state index contributed by atoms with van der Waals surface area (Å²) < 4.78 is 34.0. The first-order valence-corrected chi connectivity index (χ1v) is 12.9. The normalized spacial score (nSPS) is 16.8. The highest BCUT2D eigenvalue weighted by molar-refractivity contribution is 7.89. The molecule has 3 aromatic rings. The number of aromatic nitrogens is 1. The van der Waals surface area contributed by atoms with E-state index in [1.165, 1.54) is 27.8 Å². The summed E-state index contributed by atoms with van der Waals surface area (Å²) in [6, 6.07) is 13.8. The fourth-order valence-corrected chi connectivity index (χ4v) is 5.99. The van der Waals surface area contributed by atoms with Crippen LogP contribution in [-0.2, 0) is 14.8 Å². The van der Waals surface area contributed by atoms with Crippen molar-refractivity contribution in [3.05, 3.63) is 54.1 Å². The number of carbonyl (C=O) groups excluding carboxylic acids is 1. The number of anilines is 1. The lowest BCUT2D eigenvalue weighted by molar-refractivity contribution is 0.0917. The molecule has 0 aliphatic carbocycles. The van der Waals surface area contributed by atoms with Gasteiger partial charge in [-0.25, -0.2) is 13.4 Å². The molecule has 2 heterocycles. The van der Waals surface area contributed by atoms with E-state index in [9.17, 15) is 13.2 Å². The number of sulfonamides is 1. The molecule has 1 unspecified atom stereocenters. The first-order valence-electron chi connectivity index (χ1n) is 10.6. The third-order valence-corrected chi connectivity index (χ3v) is 8.74. The average molecular weight is 474 g/mol. The monoisotopic (exact) mass is 473 g/mol. The Bertz CT molecular complexity index is 1180. The zero-order valence-electron chi connectivity index (χ0n) is 18.4. The van der Waals surface area contributed by atoms with Gasteiger partial charge in [-0.05, 0) is 57.0 Å². The van der Waals surface area contributed by atoms with Gasteiger partial charge in [0.05, 0.1) is 27.8 Å². The second-order valence-electron chi connectivity index (χ2n) is 8.16. The van der Waals surface area contributed by atoms with Crippen LogP contribution in [0.4, 0.5) is 5.13 Å². The summed E-state index contributed by atoms with van der Waals surface area (Å²) in [6.45, 7) is 4.68. The van der Waals surface area contributed by atoms with Crippen LogP contribution < -0.4 is 4.90 Å². The van der Waals surface area contributed by atoms with Crippen molar-refractivity contribution < 1.29 is 17.9 Å². The smallest absolute Gasteiger partial charge is 0.260 e. The van der Waals surface area contributed by atoms with Crippen LogP contribution in [0, 0.1) is 0 Å². The van der Waals surface area contributed by atoms with Crippen molar-refractivity contribution in [1.29, 1.82) is 0 Å². The molecule has 1 atom stereocenters. The van der Waals surface area contributed by atoms with Crippen LogP contribution in [0.5, 0.6) is 0 Å². The third kappa shape index (κ3) is 4.56. The maximum atomic E-state index is 13.6. The third-order valence-electron chi connectivity index (χ3n) is 5.65. The molecule has 1 aliphatic rings. The minimum absolute atomic E-state index is 0.0649. The summed E-state index contributed by atoms with van der Waals surface area (Å²) >= 11 is 1.44. The van der Waals surface area contributed by atoms with Gasteiger partial charge in [0.1, 0.15) is 0 Å². The van der Waals surface area contributed by atoms with E-state index in [2.05, 4.69) is 4.98 Å². The standard InChI is InChI=1S/C23H27N3O4S2/c1-16(2)25(3)32(28,29)19-10-6-8-17(14-19)22(27)26(15-18-9-7-13-30-18)23-24-20-11-4-5-12-21(20)31-23/h4-6,8,10-12,14,16,18H,7,9,13,15H2,1-3H3. The van der Waals surface area contributed by atoms with Gasteiger partial charge in [-0.15, -0.1) is 0 Å². The Morgan fingerprint density at radius 3 is 2.69 bits per heavy atom. The van der Waals surface area contributed by atoms with Crippen LogP contribution in [0.15, 0.2) is 53.4 Å². The van der Waals surface area contributed by atoms with Crippen LogP contribution in [0.1, 0.15) is 37.0 Å². The minimum Gasteiger partial charge on any atom is -0.376 e. The van der Waals surface area contributed by atoms with E-state index < -0.39 is 10.0 Å². The van der Waals surface area contributed by atoms with Crippen LogP contribution >= 0.6 is 11.3 Å². The Morgan fingerprint density at radius 2 is 2.00 bits per heavy atom. The van der Waals surface area contributed by atoms with E-state index in [1.54, 1.807) is 24.1 Å². The summed E-state index contributed by atoms with van der Waals surface area (Å²) in [5.41, 5.74) is 1.13. The summed E-state index contributed by atoms with van der Waals surface area (Å²) in [7, 11) is -2.16. The molecule has 2 aromatic carbocycles. The number of para-hydroxylation sites is 1. The molecule has 4 rings (SSSR count). The molecule has 7 nitrogen and oxygen atoms in total. The predicted molar refractivity (Wildman–Crippen MR) is 127 cm³/mol. The molecule has 1 aliphatic heterocycles. The van der Waals surface area contributed by atoms with Crippen molar-refractivity contribution in [2.45, 2.75) is 43.7 Å². The fraction of sp³-hybridized carbons (Fsp3) is 0.391. The largest absolute Gasteiger partial charge is 0.376 e. The lowest BCUT2D eigenvalue weighted by atomic mass is 10.2. The van der Waals surface area contributed by atoms with Crippen molar-refractivity contribution in [3.63, 3.8) is 0 Å². The molecule has 1 fully saturated rings. The number of carbonyl (C=O) groups is 1. The molecule has 32 heavy (non-hydrogen) atoms. The SMILES string of the molecule is CC(C)N(C)S(=O)(=O)c1cccc(C(=O)N(CC2CCCO2)c2nc3ccccc3s2)c1. The number of amides is 1. The number of thiazole rings is 1. The second kappa shape index (κ2) is 9.27. The highest BCUT2D eigenvalue weighted by Crippen LogP contribution is 2.31. The number of rotatable bonds is 7. The highest BCUT2D eigenvalue weighted by atomic mass is 32.2. The molecule has 9 heteroatoms. The lowest BCUT2D eigenvalue weighted by Gasteiger charge is -2.24. The van der Waals surface area contributed by atoms with E-state index in [4.69, 9.17) is 4.74 Å². The Balaban J connectivity index is 1.71. The van der Waals surface area contributed by atoms with Crippen molar-refractivity contribution in [2.24, 2.45) is 0 Å². The Hall–Kier alpha value is -2.33. The topological polar surface area (TPSA) is 79.8 Å². The van der Waals surface area contributed by atoms with Gasteiger partial charge in [0.25, 0.3) is 5.91 Å². The van der Waals surface area contributed by atoms with Crippen molar-refractivity contribution >= 4 is 42.6 Å². The molecule has 0 spiro atoms. The van der Waals surface area contributed by atoms with E-state index in [0.29, 0.717) is 23.8 Å². The van der Waals surface area contributed by atoms with Crippen molar-refractivity contribution in [2.75, 3.05) is 25.1 Å². The maximum absolute atomic E-state index is 13.6. The first-order chi connectivity index (χ1) is 15.3. The van der Waals surface area contributed by atoms with Gasteiger partial charge >= 0.3 is 0 Å². The van der Waals surface area contributed by atoms with Crippen LogP contribution in [0.3, 0.4) is 0 Å². The molecule has 0 N–H and O–H groups in total. The highest BCUT2D eigenvalue weighted by Gasteiger charge is 2.29. The van der Waals surface area contributed by atoms with E-state index in [0.717, 1.165) is 23.1 Å². The fourth-order valence-electron chi connectivity index (χ4n) is 3.60. The van der Waals surface area contributed by atoms with Gasteiger partial charge in [-0.1, -0.05) is 29.5 Å². The molecule has 170 valence electrons. The van der Waals surface area contributed by atoms with Gasteiger partial charge in [-0.3, -0.25) is 9.69 Å². The average Bonchev–Trinajstić information content (AvgIpc) is 3.46. The first kappa shape index (κ1) is 22.8.